The van der Waals surface area contributed by atoms with E-state index < -0.39 is 5.91 Å². The molecule has 0 saturated carbocycles. The summed E-state index contributed by atoms with van der Waals surface area (Å²) in [5, 5.41) is 0.828. The summed E-state index contributed by atoms with van der Waals surface area (Å²) in [7, 11) is 1.87. The second-order valence-electron chi connectivity index (χ2n) is 5.96. The number of carbonyl (C=O) groups is 2. The van der Waals surface area contributed by atoms with Crippen molar-refractivity contribution < 1.29 is 14.3 Å². The Morgan fingerprint density at radius 3 is 2.50 bits per heavy atom. The van der Waals surface area contributed by atoms with Crippen molar-refractivity contribution in [2.75, 3.05) is 6.61 Å². The van der Waals surface area contributed by atoms with Gasteiger partial charge in [-0.3, -0.25) is 20.4 Å². The Balaban J connectivity index is 1.54. The molecule has 0 unspecified atom stereocenters. The topological polar surface area (TPSA) is 72.4 Å². The highest BCUT2D eigenvalue weighted by Crippen LogP contribution is 2.19. The maximum absolute atomic E-state index is 12.3. The molecular formula is C20H21N3O3. The van der Waals surface area contributed by atoms with Crippen LogP contribution in [0.25, 0.3) is 10.9 Å². The first kappa shape index (κ1) is 17.5. The normalized spacial score (nSPS) is 10.5. The smallest absolute Gasteiger partial charge is 0.276 e. The van der Waals surface area contributed by atoms with E-state index in [-0.39, 0.29) is 12.5 Å². The van der Waals surface area contributed by atoms with Gasteiger partial charge in [0.1, 0.15) is 5.75 Å². The van der Waals surface area contributed by atoms with Gasteiger partial charge in [0.25, 0.3) is 11.8 Å². The summed E-state index contributed by atoms with van der Waals surface area (Å²) in [6.45, 7) is 1.89. The van der Waals surface area contributed by atoms with Gasteiger partial charge in [-0.1, -0.05) is 37.3 Å². The van der Waals surface area contributed by atoms with E-state index >= 15 is 0 Å². The highest BCUT2D eigenvalue weighted by atomic mass is 16.5. The molecule has 0 aliphatic carbocycles. The van der Waals surface area contributed by atoms with Gasteiger partial charge >= 0.3 is 0 Å². The van der Waals surface area contributed by atoms with E-state index in [1.165, 1.54) is 5.56 Å². The van der Waals surface area contributed by atoms with E-state index in [4.69, 9.17) is 4.74 Å². The third-order valence-corrected chi connectivity index (χ3v) is 4.16. The minimum Gasteiger partial charge on any atom is -0.484 e. The lowest BCUT2D eigenvalue weighted by Gasteiger charge is -2.09. The Morgan fingerprint density at radius 2 is 1.77 bits per heavy atom. The summed E-state index contributed by atoms with van der Waals surface area (Å²) >= 11 is 0. The molecule has 0 bridgehead atoms. The molecule has 0 spiro atoms. The van der Waals surface area contributed by atoms with Gasteiger partial charge in [0.2, 0.25) is 0 Å². The van der Waals surface area contributed by atoms with Crippen LogP contribution in [-0.4, -0.2) is 23.0 Å². The van der Waals surface area contributed by atoms with Gasteiger partial charge in [0, 0.05) is 24.1 Å². The van der Waals surface area contributed by atoms with Crippen LogP contribution >= 0.6 is 0 Å². The van der Waals surface area contributed by atoms with Crippen molar-refractivity contribution in [3.8, 4) is 5.75 Å². The zero-order chi connectivity index (χ0) is 18.5. The Hall–Kier alpha value is -3.28. The van der Waals surface area contributed by atoms with Crippen molar-refractivity contribution in [1.82, 2.24) is 15.4 Å². The number of hydrogen-bond donors (Lipinski definition) is 2. The van der Waals surface area contributed by atoms with Crippen LogP contribution in [0.5, 0.6) is 5.75 Å². The molecule has 3 aromatic rings. The third-order valence-electron chi connectivity index (χ3n) is 4.16. The molecule has 1 aromatic heterocycles. The predicted molar refractivity (Wildman–Crippen MR) is 99.8 cm³/mol. The molecule has 2 N–H and O–H groups in total. The number of hydrazine groups is 1. The number of nitrogens with zero attached hydrogens (tertiary/aromatic N) is 1. The van der Waals surface area contributed by atoms with E-state index in [0.717, 1.165) is 17.3 Å². The molecule has 0 fully saturated rings. The van der Waals surface area contributed by atoms with Crippen LogP contribution in [0.3, 0.4) is 0 Å². The number of para-hydroxylation sites is 1. The van der Waals surface area contributed by atoms with Crippen LogP contribution in [0, 0.1) is 0 Å². The first-order valence-electron chi connectivity index (χ1n) is 8.43. The molecule has 6 nitrogen and oxygen atoms in total. The van der Waals surface area contributed by atoms with Gasteiger partial charge in [0.05, 0.1) is 5.56 Å². The molecule has 26 heavy (non-hydrogen) atoms. The summed E-state index contributed by atoms with van der Waals surface area (Å²) in [5.74, 6) is -0.196. The van der Waals surface area contributed by atoms with E-state index in [1.54, 1.807) is 6.20 Å². The fourth-order valence-corrected chi connectivity index (χ4v) is 2.72. The number of hydrogen-bond acceptors (Lipinski definition) is 3. The molecule has 1 heterocycles. The molecule has 0 aliphatic rings. The standard InChI is InChI=1S/C20H21N3O3/c1-3-14-8-10-15(11-9-14)26-13-19(24)21-22-20(25)17-12-23(2)18-7-5-4-6-16(17)18/h4-12H,3,13H2,1-2H3,(H,21,24)(H,22,25). The highest BCUT2D eigenvalue weighted by Gasteiger charge is 2.14. The Bertz CT molecular complexity index is 929. The van der Waals surface area contributed by atoms with Crippen LogP contribution in [-0.2, 0) is 18.3 Å². The number of nitrogens with one attached hydrogen (secondary N) is 2. The van der Waals surface area contributed by atoms with E-state index in [1.807, 2.05) is 60.1 Å². The zero-order valence-corrected chi connectivity index (χ0v) is 14.8. The van der Waals surface area contributed by atoms with Gasteiger partial charge in [-0.15, -0.1) is 0 Å². The molecular weight excluding hydrogens is 330 g/mol. The van der Waals surface area contributed by atoms with Gasteiger partial charge in [-0.05, 0) is 30.2 Å². The van der Waals surface area contributed by atoms with E-state index in [2.05, 4.69) is 17.8 Å². The molecule has 2 aromatic carbocycles. The fourth-order valence-electron chi connectivity index (χ4n) is 2.72. The molecule has 0 atom stereocenters. The Labute approximate surface area is 151 Å². The number of aromatic nitrogens is 1. The molecule has 6 heteroatoms. The summed E-state index contributed by atoms with van der Waals surface area (Å²) < 4.78 is 7.28. The molecule has 2 amide bonds. The zero-order valence-electron chi connectivity index (χ0n) is 14.8. The van der Waals surface area contributed by atoms with E-state index in [9.17, 15) is 9.59 Å². The maximum Gasteiger partial charge on any atom is 0.276 e. The first-order chi connectivity index (χ1) is 12.6. The molecule has 134 valence electrons. The van der Waals surface area contributed by atoms with Crippen molar-refractivity contribution in [2.24, 2.45) is 7.05 Å². The number of ether oxygens (including phenoxy) is 1. The third kappa shape index (κ3) is 3.85. The number of carbonyl (C=O) groups excluding carboxylic acids is 2. The van der Waals surface area contributed by atoms with Gasteiger partial charge < -0.3 is 9.30 Å². The molecule has 0 aliphatic heterocycles. The number of benzene rings is 2. The Morgan fingerprint density at radius 1 is 1.04 bits per heavy atom. The van der Waals surface area contributed by atoms with Crippen molar-refractivity contribution >= 4 is 22.7 Å². The lowest BCUT2D eigenvalue weighted by molar-refractivity contribution is -0.123. The predicted octanol–water partition coefficient (Wildman–Crippen LogP) is 2.58. The SMILES string of the molecule is CCc1ccc(OCC(=O)NNC(=O)c2cn(C)c3ccccc23)cc1. The molecule has 3 rings (SSSR count). The van der Waals surface area contributed by atoms with Gasteiger partial charge in [-0.2, -0.15) is 0 Å². The van der Waals surface area contributed by atoms with Gasteiger partial charge in [0.15, 0.2) is 6.61 Å². The van der Waals surface area contributed by atoms with Crippen LogP contribution in [0.4, 0.5) is 0 Å². The Kier molecular flexibility index (Phi) is 5.22. The van der Waals surface area contributed by atoms with Crippen molar-refractivity contribution in [3.63, 3.8) is 0 Å². The van der Waals surface area contributed by atoms with E-state index in [0.29, 0.717) is 11.3 Å². The summed E-state index contributed by atoms with van der Waals surface area (Å²) in [4.78, 5) is 24.2. The van der Waals surface area contributed by atoms with Gasteiger partial charge in [-0.25, -0.2) is 0 Å². The number of fused-ring (bicyclic) bond motifs is 1. The van der Waals surface area contributed by atoms with Crippen LogP contribution in [0.2, 0.25) is 0 Å². The van der Waals surface area contributed by atoms with Crippen molar-refractivity contribution in [2.45, 2.75) is 13.3 Å². The number of aryl methyl sites for hydroxylation is 2. The quantitative estimate of drug-likeness (QED) is 0.694. The number of amides is 2. The largest absolute Gasteiger partial charge is 0.484 e. The molecule has 0 saturated heterocycles. The lowest BCUT2D eigenvalue weighted by atomic mass is 10.2. The van der Waals surface area contributed by atoms with Crippen LogP contribution < -0.4 is 15.6 Å². The maximum atomic E-state index is 12.3. The van der Waals surface area contributed by atoms with Crippen LogP contribution in [0.1, 0.15) is 22.8 Å². The minimum absolute atomic E-state index is 0.179. The second kappa shape index (κ2) is 7.74. The van der Waals surface area contributed by atoms with Crippen molar-refractivity contribution in [3.05, 3.63) is 65.9 Å². The molecule has 0 radical (unpaired) electrons. The minimum atomic E-state index is -0.432. The summed E-state index contributed by atoms with van der Waals surface area (Å²) in [6.07, 6.45) is 2.68. The lowest BCUT2D eigenvalue weighted by Crippen LogP contribution is -2.43. The summed E-state index contributed by atoms with van der Waals surface area (Å²) in [5.41, 5.74) is 7.45. The second-order valence-corrected chi connectivity index (χ2v) is 5.96. The first-order valence-corrected chi connectivity index (χ1v) is 8.43. The van der Waals surface area contributed by atoms with Crippen LogP contribution in [0.15, 0.2) is 54.7 Å². The average Bonchev–Trinajstić information content (AvgIpc) is 3.02. The summed E-state index contributed by atoms with van der Waals surface area (Å²) in [6, 6.07) is 15.1. The van der Waals surface area contributed by atoms with Crippen molar-refractivity contribution in [1.29, 1.82) is 0 Å². The fraction of sp³-hybridized carbons (Fsp3) is 0.200. The average molecular weight is 351 g/mol. The number of rotatable bonds is 5. The monoisotopic (exact) mass is 351 g/mol. The highest BCUT2D eigenvalue weighted by molar-refractivity contribution is 6.07.